The molecule has 6 heteroatoms. The molecule has 1 fully saturated rings. The third-order valence-corrected chi connectivity index (χ3v) is 4.66. The third-order valence-electron chi connectivity index (χ3n) is 3.60. The fourth-order valence-electron chi connectivity index (χ4n) is 2.47. The smallest absolute Gasteiger partial charge is 0.225 e. The molecule has 0 saturated carbocycles. The molecule has 1 aromatic heterocycles. The summed E-state index contributed by atoms with van der Waals surface area (Å²) in [5, 5.41) is 0.723. The van der Waals surface area contributed by atoms with Crippen LogP contribution in [0.2, 0.25) is 0 Å². The Morgan fingerprint density at radius 2 is 2.43 bits per heavy atom. The van der Waals surface area contributed by atoms with Gasteiger partial charge in [-0.05, 0) is 25.0 Å². The van der Waals surface area contributed by atoms with Crippen molar-refractivity contribution in [1.29, 1.82) is 0 Å². The van der Waals surface area contributed by atoms with Crippen molar-refractivity contribution in [2.75, 3.05) is 25.2 Å². The van der Waals surface area contributed by atoms with Crippen molar-refractivity contribution < 1.29 is 14.3 Å². The number of carbonyl (C=O) groups is 1. The van der Waals surface area contributed by atoms with E-state index in [4.69, 9.17) is 9.47 Å². The first-order chi connectivity index (χ1) is 10.2. The van der Waals surface area contributed by atoms with E-state index in [-0.39, 0.29) is 12.0 Å². The summed E-state index contributed by atoms with van der Waals surface area (Å²) in [6.45, 7) is 2.93. The predicted molar refractivity (Wildman–Crippen MR) is 83.2 cm³/mol. The van der Waals surface area contributed by atoms with E-state index < -0.39 is 0 Å². The summed E-state index contributed by atoms with van der Waals surface area (Å²) in [5.74, 6) is 0.768. The Morgan fingerprint density at radius 1 is 1.57 bits per heavy atom. The number of nitrogens with zero attached hydrogens (tertiary/aromatic N) is 2. The van der Waals surface area contributed by atoms with Crippen LogP contribution in [0.1, 0.15) is 19.8 Å². The Labute approximate surface area is 127 Å². The second-order valence-corrected chi connectivity index (χ2v) is 6.10. The molecule has 1 aromatic carbocycles. The average Bonchev–Trinajstić information content (AvgIpc) is 3.12. The summed E-state index contributed by atoms with van der Waals surface area (Å²) in [6, 6.07) is 5.77. The van der Waals surface area contributed by atoms with E-state index in [1.807, 2.05) is 18.2 Å². The lowest BCUT2D eigenvalue weighted by Gasteiger charge is -2.21. The zero-order valence-corrected chi connectivity index (χ0v) is 13.0. The molecule has 3 rings (SSSR count). The molecule has 0 spiro atoms. The van der Waals surface area contributed by atoms with Crippen LogP contribution in [-0.4, -0.2) is 37.3 Å². The van der Waals surface area contributed by atoms with Crippen molar-refractivity contribution in [1.82, 2.24) is 4.98 Å². The number of anilines is 1. The highest BCUT2D eigenvalue weighted by Crippen LogP contribution is 2.32. The van der Waals surface area contributed by atoms with Gasteiger partial charge in [0.05, 0.1) is 30.0 Å². The maximum Gasteiger partial charge on any atom is 0.225 e. The third kappa shape index (κ3) is 3.01. The zero-order chi connectivity index (χ0) is 14.8. The first kappa shape index (κ1) is 14.3. The molecule has 0 radical (unpaired) electrons. The topological polar surface area (TPSA) is 51.7 Å². The minimum atomic E-state index is -0.00322. The maximum absolute atomic E-state index is 11.9. The van der Waals surface area contributed by atoms with Crippen LogP contribution in [0.25, 0.3) is 10.2 Å². The number of hydrogen-bond acceptors (Lipinski definition) is 5. The highest BCUT2D eigenvalue weighted by molar-refractivity contribution is 7.22. The summed E-state index contributed by atoms with van der Waals surface area (Å²) >= 11 is 1.52. The monoisotopic (exact) mass is 306 g/mol. The summed E-state index contributed by atoms with van der Waals surface area (Å²) < 4.78 is 11.9. The van der Waals surface area contributed by atoms with Crippen LogP contribution in [0, 0.1) is 0 Å². The van der Waals surface area contributed by atoms with Crippen LogP contribution in [-0.2, 0) is 9.53 Å². The van der Waals surface area contributed by atoms with Gasteiger partial charge in [-0.15, -0.1) is 0 Å². The van der Waals surface area contributed by atoms with Gasteiger partial charge in [-0.3, -0.25) is 9.69 Å². The molecule has 0 N–H and O–H groups in total. The molecule has 5 nitrogen and oxygen atoms in total. The minimum absolute atomic E-state index is 0.00322. The number of rotatable bonds is 4. The van der Waals surface area contributed by atoms with E-state index in [1.165, 1.54) is 11.3 Å². The number of ether oxygens (including phenoxy) is 2. The molecule has 2 aromatic rings. The lowest BCUT2D eigenvalue weighted by molar-refractivity contribution is -0.116. The molecular formula is C15H18N2O3S. The van der Waals surface area contributed by atoms with Gasteiger partial charge >= 0.3 is 0 Å². The quantitative estimate of drug-likeness (QED) is 0.871. The van der Waals surface area contributed by atoms with Gasteiger partial charge in [0.15, 0.2) is 5.13 Å². The van der Waals surface area contributed by atoms with Crippen molar-refractivity contribution in [3.63, 3.8) is 0 Å². The molecular weight excluding hydrogens is 288 g/mol. The first-order valence-electron chi connectivity index (χ1n) is 7.01. The van der Waals surface area contributed by atoms with E-state index in [2.05, 4.69) is 4.98 Å². The number of aromatic nitrogens is 1. The van der Waals surface area contributed by atoms with Crippen LogP contribution in [0.3, 0.4) is 0 Å². The lowest BCUT2D eigenvalue weighted by Crippen LogP contribution is -2.35. The van der Waals surface area contributed by atoms with Gasteiger partial charge in [-0.2, -0.15) is 0 Å². The van der Waals surface area contributed by atoms with Gasteiger partial charge in [0.25, 0.3) is 0 Å². The molecule has 0 bridgehead atoms. The van der Waals surface area contributed by atoms with Crippen molar-refractivity contribution in [2.45, 2.75) is 25.9 Å². The van der Waals surface area contributed by atoms with Crippen LogP contribution in [0.4, 0.5) is 5.13 Å². The molecule has 1 saturated heterocycles. The molecule has 112 valence electrons. The van der Waals surface area contributed by atoms with Gasteiger partial charge < -0.3 is 9.47 Å². The second-order valence-electron chi connectivity index (χ2n) is 5.09. The molecule has 1 aliphatic heterocycles. The Hall–Kier alpha value is -1.66. The second kappa shape index (κ2) is 5.99. The fourth-order valence-corrected chi connectivity index (χ4v) is 3.47. The van der Waals surface area contributed by atoms with Gasteiger partial charge in [0.1, 0.15) is 5.75 Å². The SMILES string of the molecule is COc1ccc2sc(N(C[C@@H]3CCCO3)C(C)=O)nc2c1. The normalized spacial score (nSPS) is 18.1. The van der Waals surface area contributed by atoms with Crippen molar-refractivity contribution >= 4 is 32.6 Å². The summed E-state index contributed by atoms with van der Waals surface area (Å²) in [6.07, 6.45) is 2.19. The highest BCUT2D eigenvalue weighted by Gasteiger charge is 2.24. The minimum Gasteiger partial charge on any atom is -0.497 e. The molecule has 0 unspecified atom stereocenters. The fraction of sp³-hybridized carbons (Fsp3) is 0.467. The van der Waals surface area contributed by atoms with Gasteiger partial charge in [0.2, 0.25) is 5.91 Å². The standard InChI is InChI=1S/C15H18N2O3S/c1-10(18)17(9-12-4-3-7-20-12)15-16-13-8-11(19-2)5-6-14(13)21-15/h5-6,8,12H,3-4,7,9H2,1-2H3/t12-/m0/s1. The molecule has 1 atom stereocenters. The van der Waals surface area contributed by atoms with Gasteiger partial charge in [-0.25, -0.2) is 4.98 Å². The van der Waals surface area contributed by atoms with E-state index in [9.17, 15) is 4.79 Å². The Morgan fingerprint density at radius 3 is 3.10 bits per heavy atom. The van der Waals surface area contributed by atoms with Crippen LogP contribution >= 0.6 is 11.3 Å². The summed E-state index contributed by atoms with van der Waals surface area (Å²) in [7, 11) is 1.63. The maximum atomic E-state index is 11.9. The highest BCUT2D eigenvalue weighted by atomic mass is 32.1. The number of carbonyl (C=O) groups excluding carboxylic acids is 1. The predicted octanol–water partition coefficient (Wildman–Crippen LogP) is 2.84. The molecule has 21 heavy (non-hydrogen) atoms. The molecule has 1 aliphatic rings. The van der Waals surface area contributed by atoms with Crippen LogP contribution in [0.5, 0.6) is 5.75 Å². The number of fused-ring (bicyclic) bond motifs is 1. The zero-order valence-electron chi connectivity index (χ0n) is 12.2. The van der Waals surface area contributed by atoms with Gasteiger partial charge in [-0.1, -0.05) is 11.3 Å². The Bertz CT molecular complexity index is 649. The number of hydrogen-bond donors (Lipinski definition) is 0. The van der Waals surface area contributed by atoms with E-state index in [1.54, 1.807) is 18.9 Å². The molecule has 1 amide bonds. The van der Waals surface area contributed by atoms with Crippen LogP contribution in [0.15, 0.2) is 18.2 Å². The largest absolute Gasteiger partial charge is 0.497 e. The van der Waals surface area contributed by atoms with Crippen molar-refractivity contribution in [3.05, 3.63) is 18.2 Å². The molecule has 0 aliphatic carbocycles. The number of benzene rings is 1. The first-order valence-corrected chi connectivity index (χ1v) is 7.83. The Kier molecular flexibility index (Phi) is 4.07. The molecule has 2 heterocycles. The average molecular weight is 306 g/mol. The van der Waals surface area contributed by atoms with E-state index >= 15 is 0 Å². The van der Waals surface area contributed by atoms with E-state index in [0.29, 0.717) is 6.54 Å². The number of thiazole rings is 1. The number of methoxy groups -OCH3 is 1. The summed E-state index contributed by atoms with van der Waals surface area (Å²) in [4.78, 5) is 18.2. The van der Waals surface area contributed by atoms with Crippen molar-refractivity contribution in [3.8, 4) is 5.75 Å². The van der Waals surface area contributed by atoms with E-state index in [0.717, 1.165) is 40.5 Å². The summed E-state index contributed by atoms with van der Waals surface area (Å²) in [5.41, 5.74) is 0.855. The van der Waals surface area contributed by atoms with Crippen LogP contribution < -0.4 is 9.64 Å². The van der Waals surface area contributed by atoms with Crippen molar-refractivity contribution in [2.24, 2.45) is 0 Å². The lowest BCUT2D eigenvalue weighted by atomic mass is 10.2. The van der Waals surface area contributed by atoms with Gasteiger partial charge in [0, 0.05) is 19.6 Å². The number of amides is 1. The Balaban J connectivity index is 1.89.